The minimum Gasteiger partial charge on any atom is -0.507 e. The molecule has 0 bridgehead atoms. The fourth-order valence-corrected chi connectivity index (χ4v) is 2.03. The van der Waals surface area contributed by atoms with Crippen molar-refractivity contribution >= 4 is 39.1 Å². The van der Waals surface area contributed by atoms with Crippen molar-refractivity contribution in [1.82, 2.24) is 0 Å². The van der Waals surface area contributed by atoms with Crippen molar-refractivity contribution < 1.29 is 19.4 Å². The molecule has 0 aromatic heterocycles. The van der Waals surface area contributed by atoms with Crippen LogP contribution in [0.3, 0.4) is 0 Å². The van der Waals surface area contributed by atoms with Gasteiger partial charge in [-0.1, -0.05) is 28.1 Å². The topological polar surface area (TPSA) is 75.6 Å². The van der Waals surface area contributed by atoms with E-state index in [1.165, 1.54) is 7.11 Å². The molecule has 2 aromatic rings. The van der Waals surface area contributed by atoms with Crippen LogP contribution < -0.4 is 10.1 Å². The Bertz CT molecular complexity index is 736. The number of rotatable bonds is 5. The van der Waals surface area contributed by atoms with Crippen LogP contribution in [0.1, 0.15) is 5.56 Å². The van der Waals surface area contributed by atoms with Gasteiger partial charge in [0.15, 0.2) is 0 Å². The Morgan fingerprint density at radius 3 is 2.26 bits per heavy atom. The number of hydrogen-bond acceptors (Lipinski definition) is 4. The number of hydrogen-bond donors (Lipinski definition) is 2. The van der Waals surface area contributed by atoms with Crippen LogP contribution in [-0.4, -0.2) is 23.9 Å². The van der Waals surface area contributed by atoms with Crippen LogP contribution >= 0.6 is 15.9 Å². The molecule has 0 atom stereocenters. The van der Waals surface area contributed by atoms with Crippen LogP contribution in [0.5, 0.6) is 5.75 Å². The number of carbonyl (C=O) groups is 2. The van der Waals surface area contributed by atoms with E-state index in [1.54, 1.807) is 48.5 Å². The summed E-state index contributed by atoms with van der Waals surface area (Å²) >= 11 is 3.27. The number of aliphatic hydroxyl groups is 1. The zero-order valence-corrected chi connectivity index (χ0v) is 13.8. The van der Waals surface area contributed by atoms with Crippen molar-refractivity contribution in [2.75, 3.05) is 12.4 Å². The Morgan fingerprint density at radius 1 is 1.09 bits per heavy atom. The van der Waals surface area contributed by atoms with E-state index in [-0.39, 0.29) is 5.76 Å². The van der Waals surface area contributed by atoms with Gasteiger partial charge in [0.25, 0.3) is 5.91 Å². The van der Waals surface area contributed by atoms with Crippen molar-refractivity contribution in [3.8, 4) is 5.75 Å². The van der Waals surface area contributed by atoms with Crippen LogP contribution in [0.2, 0.25) is 0 Å². The molecule has 6 heteroatoms. The summed E-state index contributed by atoms with van der Waals surface area (Å²) in [5, 5.41) is 12.3. The second kappa shape index (κ2) is 7.60. The molecule has 0 radical (unpaired) electrons. The molecular weight excluding hydrogens is 362 g/mol. The van der Waals surface area contributed by atoms with Gasteiger partial charge >= 0.3 is 0 Å². The number of ether oxygens (including phenoxy) is 1. The molecule has 1 amide bonds. The number of halogens is 1. The van der Waals surface area contributed by atoms with Crippen molar-refractivity contribution in [1.29, 1.82) is 0 Å². The number of anilines is 1. The second-order valence-electron chi connectivity index (χ2n) is 4.58. The number of amides is 1. The molecule has 0 heterocycles. The third kappa shape index (κ3) is 4.69. The molecule has 0 unspecified atom stereocenters. The molecule has 0 saturated heterocycles. The molecule has 5 nitrogen and oxygen atoms in total. The Morgan fingerprint density at radius 2 is 1.70 bits per heavy atom. The summed E-state index contributed by atoms with van der Waals surface area (Å²) in [6, 6.07) is 13.3. The molecular formula is C17H14BrNO4. The Balaban J connectivity index is 2.05. The fourth-order valence-electron chi connectivity index (χ4n) is 1.76. The molecule has 0 fully saturated rings. The second-order valence-corrected chi connectivity index (χ2v) is 5.50. The first kappa shape index (κ1) is 16.8. The quantitative estimate of drug-likeness (QED) is 0.475. The summed E-state index contributed by atoms with van der Waals surface area (Å²) in [5.74, 6) is -1.31. The minimum absolute atomic E-state index is 0.271. The summed E-state index contributed by atoms with van der Waals surface area (Å²) in [6.45, 7) is 0. The monoisotopic (exact) mass is 375 g/mol. The number of nitrogens with one attached hydrogen (secondary N) is 1. The van der Waals surface area contributed by atoms with E-state index >= 15 is 0 Å². The molecule has 0 spiro atoms. The van der Waals surface area contributed by atoms with E-state index in [4.69, 9.17) is 4.74 Å². The first-order valence-electron chi connectivity index (χ1n) is 6.65. The van der Waals surface area contributed by atoms with Crippen LogP contribution in [0, 0.1) is 0 Å². The maximum atomic E-state index is 11.8. The van der Waals surface area contributed by atoms with E-state index < -0.39 is 11.7 Å². The average Bonchev–Trinajstić information content (AvgIpc) is 2.56. The van der Waals surface area contributed by atoms with Crippen LogP contribution in [0.4, 0.5) is 5.69 Å². The van der Waals surface area contributed by atoms with Gasteiger partial charge in [-0.05, 0) is 36.4 Å². The van der Waals surface area contributed by atoms with E-state index in [2.05, 4.69) is 21.2 Å². The van der Waals surface area contributed by atoms with Crippen molar-refractivity contribution in [2.45, 2.75) is 0 Å². The normalized spacial score (nSPS) is 11.0. The van der Waals surface area contributed by atoms with Gasteiger partial charge in [0.1, 0.15) is 11.5 Å². The van der Waals surface area contributed by atoms with Crippen molar-refractivity contribution in [2.24, 2.45) is 0 Å². The van der Waals surface area contributed by atoms with Gasteiger partial charge in [0, 0.05) is 21.8 Å². The molecule has 0 saturated carbocycles. The zero-order chi connectivity index (χ0) is 16.8. The lowest BCUT2D eigenvalue weighted by Gasteiger charge is -2.05. The molecule has 2 N–H and O–H groups in total. The third-order valence-corrected chi connectivity index (χ3v) is 3.51. The van der Waals surface area contributed by atoms with Gasteiger partial charge < -0.3 is 15.2 Å². The van der Waals surface area contributed by atoms with Crippen LogP contribution in [-0.2, 0) is 9.59 Å². The standard InChI is InChI=1S/C17H14BrNO4/c1-23-14-8-6-13(7-9-14)19-17(22)16(21)10-15(20)11-2-4-12(18)5-3-11/h2-10,20H,1H3,(H,19,22)/b15-10+. The highest BCUT2D eigenvalue weighted by molar-refractivity contribution is 9.10. The first-order chi connectivity index (χ1) is 11.0. The van der Waals surface area contributed by atoms with Crippen molar-refractivity contribution in [3.05, 3.63) is 64.6 Å². The smallest absolute Gasteiger partial charge is 0.296 e. The highest BCUT2D eigenvalue weighted by Crippen LogP contribution is 2.17. The molecule has 0 aliphatic rings. The van der Waals surface area contributed by atoms with E-state index in [0.717, 1.165) is 10.5 Å². The summed E-state index contributed by atoms with van der Waals surface area (Å²) in [7, 11) is 1.53. The van der Waals surface area contributed by atoms with Gasteiger partial charge in [0.05, 0.1) is 7.11 Å². The predicted molar refractivity (Wildman–Crippen MR) is 91.4 cm³/mol. The fraction of sp³-hybridized carbons (Fsp3) is 0.0588. The number of carbonyl (C=O) groups excluding carboxylic acids is 2. The number of benzene rings is 2. The highest BCUT2D eigenvalue weighted by Gasteiger charge is 2.13. The summed E-state index contributed by atoms with van der Waals surface area (Å²) in [5.41, 5.74) is 0.902. The molecule has 2 aromatic carbocycles. The molecule has 0 aliphatic heterocycles. The predicted octanol–water partition coefficient (Wildman–Crippen LogP) is 3.56. The van der Waals surface area contributed by atoms with E-state index in [9.17, 15) is 14.7 Å². The van der Waals surface area contributed by atoms with Crippen molar-refractivity contribution in [3.63, 3.8) is 0 Å². The summed E-state index contributed by atoms with van der Waals surface area (Å²) < 4.78 is 5.85. The van der Waals surface area contributed by atoms with Gasteiger partial charge in [-0.25, -0.2) is 0 Å². The van der Waals surface area contributed by atoms with Gasteiger partial charge in [-0.15, -0.1) is 0 Å². The lowest BCUT2D eigenvalue weighted by Crippen LogP contribution is -2.21. The maximum absolute atomic E-state index is 11.8. The lowest BCUT2D eigenvalue weighted by molar-refractivity contribution is -0.131. The molecule has 2 rings (SSSR count). The lowest BCUT2D eigenvalue weighted by atomic mass is 10.1. The highest BCUT2D eigenvalue weighted by atomic mass is 79.9. The Hall–Kier alpha value is -2.60. The zero-order valence-electron chi connectivity index (χ0n) is 12.2. The Labute approximate surface area is 141 Å². The van der Waals surface area contributed by atoms with E-state index in [1.807, 2.05) is 0 Å². The van der Waals surface area contributed by atoms with Gasteiger partial charge in [-0.2, -0.15) is 0 Å². The summed E-state index contributed by atoms with van der Waals surface area (Å²) in [6.07, 6.45) is 0.891. The van der Waals surface area contributed by atoms with E-state index in [0.29, 0.717) is 17.0 Å². The molecule has 118 valence electrons. The SMILES string of the molecule is COc1ccc(NC(=O)C(=O)/C=C(/O)c2ccc(Br)cc2)cc1. The first-order valence-corrected chi connectivity index (χ1v) is 7.45. The summed E-state index contributed by atoms with van der Waals surface area (Å²) in [4.78, 5) is 23.7. The van der Waals surface area contributed by atoms with Gasteiger partial charge in [-0.3, -0.25) is 9.59 Å². The number of aliphatic hydroxyl groups excluding tert-OH is 1. The number of methoxy groups -OCH3 is 1. The number of ketones is 1. The van der Waals surface area contributed by atoms with Gasteiger partial charge in [0.2, 0.25) is 5.78 Å². The molecule has 23 heavy (non-hydrogen) atoms. The molecule has 0 aliphatic carbocycles. The largest absolute Gasteiger partial charge is 0.507 e. The Kier molecular flexibility index (Phi) is 5.54. The van der Waals surface area contributed by atoms with Crippen LogP contribution in [0.25, 0.3) is 5.76 Å². The third-order valence-electron chi connectivity index (χ3n) is 2.98. The maximum Gasteiger partial charge on any atom is 0.296 e. The average molecular weight is 376 g/mol. The minimum atomic E-state index is -0.846. The van der Waals surface area contributed by atoms with Crippen LogP contribution in [0.15, 0.2) is 59.1 Å².